The van der Waals surface area contributed by atoms with Crippen LogP contribution in [0.2, 0.25) is 0 Å². The van der Waals surface area contributed by atoms with Crippen LogP contribution in [0.3, 0.4) is 0 Å². The second-order valence-corrected chi connectivity index (χ2v) is 17.8. The molecule has 1 aliphatic heterocycles. The van der Waals surface area contributed by atoms with Gasteiger partial charge in [0.2, 0.25) is 11.8 Å². The van der Waals surface area contributed by atoms with Crippen molar-refractivity contribution in [2.24, 2.45) is 5.41 Å². The highest BCUT2D eigenvalue weighted by atomic mass is 32.2. The monoisotopic (exact) mass is 877 g/mol. The van der Waals surface area contributed by atoms with Crippen LogP contribution in [0.15, 0.2) is 24.8 Å². The second-order valence-electron chi connectivity index (χ2n) is 12.4. The number of allylic oxidation sites excluding steroid dienone is 2. The molecule has 2 aromatic rings. The molecule has 1 aliphatic rings. The molecule has 3 rings (SSSR count). The van der Waals surface area contributed by atoms with Crippen molar-refractivity contribution >= 4 is 75.4 Å². The Morgan fingerprint density at radius 1 is 1.07 bits per heavy atom. The van der Waals surface area contributed by atoms with E-state index in [-0.39, 0.29) is 60.2 Å². The molecule has 314 valence electrons. The molecule has 0 aliphatic carbocycles. The topological polar surface area (TPSA) is 381 Å². The number of nitrogens with two attached hydrogens (primary N) is 1. The number of imidazole rings is 1. The largest absolute Gasteiger partial charge is 0.481 e. The second kappa shape index (κ2) is 20.6. The number of nitrogens with one attached hydrogen (secondary N) is 2. The van der Waals surface area contributed by atoms with Gasteiger partial charge in [0.25, 0.3) is 0 Å². The molecule has 29 heteroatoms. The Bertz CT molecular complexity index is 1880. The zero-order valence-electron chi connectivity index (χ0n) is 29.6. The van der Waals surface area contributed by atoms with Crippen molar-refractivity contribution in [3.8, 4) is 0 Å². The number of nitrogens with zero attached hydrogens (tertiary/aromatic N) is 4. The maximum Gasteiger partial charge on any atom is 0.481 e. The summed E-state index contributed by atoms with van der Waals surface area (Å²) < 4.78 is 62.0. The van der Waals surface area contributed by atoms with Crippen molar-refractivity contribution in [3.63, 3.8) is 0 Å². The Balaban J connectivity index is 1.48. The molecule has 25 nitrogen and oxygen atoms in total. The number of phosphoric acid groups is 3. The number of nitrogen functional groups attached to an aromatic ring is 1. The van der Waals surface area contributed by atoms with E-state index in [9.17, 15) is 62.7 Å². The number of aliphatic hydroxyl groups is 2. The van der Waals surface area contributed by atoms with E-state index in [1.165, 1.54) is 13.8 Å². The number of ether oxygens (including phenoxy) is 1. The Morgan fingerprint density at radius 2 is 1.77 bits per heavy atom. The number of anilines is 1. The Morgan fingerprint density at radius 3 is 2.45 bits per heavy atom. The van der Waals surface area contributed by atoms with Gasteiger partial charge < -0.3 is 55.7 Å². The van der Waals surface area contributed by atoms with Gasteiger partial charge in [-0.25, -0.2) is 28.6 Å². The van der Waals surface area contributed by atoms with Gasteiger partial charge in [0.1, 0.15) is 42.5 Å². The smallest absolute Gasteiger partial charge is 0.386 e. The van der Waals surface area contributed by atoms with Crippen LogP contribution in [-0.4, -0.2) is 129 Å². The van der Waals surface area contributed by atoms with Crippen LogP contribution in [0.4, 0.5) is 5.82 Å². The fraction of sp³-hybridized carbons (Fsp3) is 0.593. The van der Waals surface area contributed by atoms with E-state index in [2.05, 4.69) is 34.4 Å². The minimum absolute atomic E-state index is 0.0247. The molecule has 2 aromatic heterocycles. The Kier molecular flexibility index (Phi) is 17.4. The molecule has 56 heavy (non-hydrogen) atoms. The summed E-state index contributed by atoms with van der Waals surface area (Å²) in [6.07, 6.45) is -2.83. The Labute approximate surface area is 322 Å². The maximum atomic E-state index is 12.7. The molecular weight excluding hydrogens is 835 g/mol. The van der Waals surface area contributed by atoms with Crippen LogP contribution in [0.1, 0.15) is 39.3 Å². The van der Waals surface area contributed by atoms with Crippen LogP contribution in [0.5, 0.6) is 0 Å². The van der Waals surface area contributed by atoms with E-state index >= 15 is 0 Å². The van der Waals surface area contributed by atoms with E-state index in [1.807, 2.05) is 0 Å². The highest BCUT2D eigenvalue weighted by Gasteiger charge is 2.50. The lowest BCUT2D eigenvalue weighted by molar-refractivity contribution is -0.137. The number of carbonyl (C=O) groups excluding carboxylic acids is 4. The Hall–Kier alpha value is -3.03. The van der Waals surface area contributed by atoms with Crippen LogP contribution < -0.4 is 16.4 Å². The van der Waals surface area contributed by atoms with Crippen LogP contribution in [0, 0.1) is 5.41 Å². The average molecular weight is 878 g/mol. The first kappa shape index (κ1) is 47.3. The van der Waals surface area contributed by atoms with Crippen molar-refractivity contribution in [2.45, 2.75) is 63.8 Å². The quantitative estimate of drug-likeness (QED) is 0.0285. The molecule has 0 spiro atoms. The summed E-state index contributed by atoms with van der Waals surface area (Å²) in [6.45, 7) is 0.371. The first-order valence-electron chi connectivity index (χ1n) is 16.2. The summed E-state index contributed by atoms with van der Waals surface area (Å²) in [5.41, 5.74) is 4.23. The van der Waals surface area contributed by atoms with Crippen molar-refractivity contribution in [2.75, 3.05) is 37.8 Å². The number of aldehydes is 1. The standard InChI is InChI=1S/C27H42N7O18P3S/c1-27(2,22(39)25(40)30-8-7-17(36)29-9-11-56-18(37)6-4-3-5-10-35)13-49-55(46,47)52-54(44,45)48-12-16-21(51-53(41,42)43)20(38)26(50-16)34-15-33-19-23(28)31-14-32-24(19)34/h3-4,10,14-16,20-22,26,38-39H,5-9,11-13H2,1-2H3,(H,29,36)(H,30,40)(H,44,45)(H,46,47)(H2,28,31,32)(H2,41,42,43)/b4-3-/t16-,20-,21-,22+,26-/m1/s1. The highest BCUT2D eigenvalue weighted by molar-refractivity contribution is 8.13. The number of rotatable bonds is 23. The third-order valence-electron chi connectivity index (χ3n) is 7.45. The number of aromatic nitrogens is 4. The normalized spacial score (nSPS) is 21.7. The van der Waals surface area contributed by atoms with E-state index in [4.69, 9.17) is 19.5 Å². The number of aliphatic hydroxyl groups excluding tert-OH is 2. The van der Waals surface area contributed by atoms with E-state index < -0.39 is 84.6 Å². The van der Waals surface area contributed by atoms with E-state index in [1.54, 1.807) is 12.2 Å². The van der Waals surface area contributed by atoms with Crippen molar-refractivity contribution in [3.05, 3.63) is 24.8 Å². The fourth-order valence-corrected chi connectivity index (χ4v) is 8.16. The van der Waals surface area contributed by atoms with Crippen LogP contribution in [-0.2, 0) is 55.5 Å². The van der Waals surface area contributed by atoms with Gasteiger partial charge in [-0.2, -0.15) is 4.31 Å². The number of fused-ring (bicyclic) bond motifs is 1. The first-order valence-corrected chi connectivity index (χ1v) is 21.7. The lowest BCUT2D eigenvalue weighted by atomic mass is 9.87. The minimum atomic E-state index is -5.58. The number of hydrogen-bond acceptors (Lipinski definition) is 19. The van der Waals surface area contributed by atoms with Gasteiger partial charge in [0.05, 0.1) is 19.5 Å². The fourth-order valence-electron chi connectivity index (χ4n) is 4.69. The molecule has 1 saturated heterocycles. The van der Waals surface area contributed by atoms with Crippen molar-refractivity contribution in [1.29, 1.82) is 0 Å². The zero-order chi connectivity index (χ0) is 41.9. The predicted octanol–water partition coefficient (Wildman–Crippen LogP) is -0.800. The summed E-state index contributed by atoms with van der Waals surface area (Å²) >= 11 is 0.989. The molecule has 1 fully saturated rings. The van der Waals surface area contributed by atoms with E-state index in [0.29, 0.717) is 6.29 Å². The molecule has 2 unspecified atom stereocenters. The summed E-state index contributed by atoms with van der Waals surface area (Å²) in [5, 5.41) is 26.1. The summed E-state index contributed by atoms with van der Waals surface area (Å²) in [4.78, 5) is 97.4. The lowest BCUT2D eigenvalue weighted by Crippen LogP contribution is -2.46. The minimum Gasteiger partial charge on any atom is -0.386 e. The SMILES string of the molecule is CC(C)(COP(=O)(O)OP(=O)(O)OC[C@H]1O[C@@H](n2cnc3c(N)ncnc32)[C@H](O)[C@@H]1OP(=O)(O)O)[C@@H](O)C(=O)NCCC(=O)NCCSC(=O)C/C=C\CC=O. The van der Waals surface area contributed by atoms with Gasteiger partial charge in [-0.05, 0) is 0 Å². The summed E-state index contributed by atoms with van der Waals surface area (Å²) in [6, 6.07) is 0. The molecule has 3 heterocycles. The number of hydrogen-bond donors (Lipinski definition) is 9. The highest BCUT2D eigenvalue weighted by Crippen LogP contribution is 2.61. The van der Waals surface area contributed by atoms with Gasteiger partial charge >= 0.3 is 23.5 Å². The van der Waals surface area contributed by atoms with Gasteiger partial charge in [0.15, 0.2) is 22.8 Å². The molecular formula is C27H42N7O18P3S. The maximum absolute atomic E-state index is 12.7. The molecule has 10 N–H and O–H groups in total. The molecule has 0 aromatic carbocycles. The number of thioether (sulfide) groups is 1. The predicted molar refractivity (Wildman–Crippen MR) is 192 cm³/mol. The van der Waals surface area contributed by atoms with Crippen LogP contribution in [0.25, 0.3) is 11.2 Å². The zero-order valence-corrected chi connectivity index (χ0v) is 33.1. The number of phosphoric ester groups is 3. The van der Waals surface area contributed by atoms with Gasteiger partial charge in [-0.3, -0.25) is 32.5 Å². The summed E-state index contributed by atoms with van der Waals surface area (Å²) in [5.74, 6) is -1.23. The summed E-state index contributed by atoms with van der Waals surface area (Å²) in [7, 11) is -16.4. The number of amides is 2. The average Bonchev–Trinajstić information content (AvgIpc) is 3.66. The van der Waals surface area contributed by atoms with Gasteiger partial charge in [0, 0.05) is 43.5 Å². The molecule has 0 radical (unpaired) electrons. The van der Waals surface area contributed by atoms with Crippen molar-refractivity contribution in [1.82, 2.24) is 30.2 Å². The molecule has 7 atom stereocenters. The lowest BCUT2D eigenvalue weighted by Gasteiger charge is -2.30. The third-order valence-corrected chi connectivity index (χ3v) is 11.4. The van der Waals surface area contributed by atoms with E-state index in [0.717, 1.165) is 29.0 Å². The molecule has 0 bridgehead atoms. The first-order chi connectivity index (χ1) is 26.1. The number of carbonyl (C=O) groups is 4. The molecule has 2 amide bonds. The molecule has 0 saturated carbocycles. The van der Waals surface area contributed by atoms with Gasteiger partial charge in [-0.15, -0.1) is 0 Å². The third kappa shape index (κ3) is 14.7. The van der Waals surface area contributed by atoms with Crippen LogP contribution >= 0.6 is 35.2 Å². The van der Waals surface area contributed by atoms with Gasteiger partial charge in [-0.1, -0.05) is 37.8 Å². The van der Waals surface area contributed by atoms with Crippen molar-refractivity contribution < 1.29 is 85.3 Å².